The maximum Gasteiger partial charge on any atom is 0.295 e. The molecule has 1 aliphatic rings. The minimum atomic E-state index is -0.872. The third-order valence-corrected chi connectivity index (χ3v) is 5.29. The van der Waals surface area contributed by atoms with Gasteiger partial charge in [0, 0.05) is 26.3 Å². The van der Waals surface area contributed by atoms with Gasteiger partial charge < -0.3 is 24.2 Å². The fourth-order valence-electron chi connectivity index (χ4n) is 3.86. The highest BCUT2D eigenvalue weighted by molar-refractivity contribution is 6.46. The molecule has 1 amide bonds. The zero-order valence-corrected chi connectivity index (χ0v) is 19.0. The smallest absolute Gasteiger partial charge is 0.295 e. The number of aliphatic hydroxyl groups is 1. The normalized spacial score (nSPS) is 17.5. The molecule has 7 nitrogen and oxygen atoms in total. The summed E-state index contributed by atoms with van der Waals surface area (Å²) >= 11 is 0. The van der Waals surface area contributed by atoms with E-state index in [-0.39, 0.29) is 23.4 Å². The van der Waals surface area contributed by atoms with E-state index in [1.807, 2.05) is 6.92 Å². The number of ketones is 1. The Morgan fingerprint density at radius 2 is 1.76 bits per heavy atom. The summed E-state index contributed by atoms with van der Waals surface area (Å²) in [6.45, 7) is 5.05. The van der Waals surface area contributed by atoms with E-state index in [1.54, 1.807) is 32.2 Å². The third kappa shape index (κ3) is 5.17. The number of rotatable bonds is 10. The number of carbonyl (C=O) groups is 2. The summed E-state index contributed by atoms with van der Waals surface area (Å²) in [4.78, 5) is 27.4. The van der Waals surface area contributed by atoms with Gasteiger partial charge in [-0.2, -0.15) is 0 Å². The molecular formula is C25H28FNO6. The SMILES string of the molecule is CCOc1ccc(/C(O)=C2/C(=O)C(=O)N(CCCOC)C2c2ccc(F)cc2)c(OCC)c1. The van der Waals surface area contributed by atoms with Crippen molar-refractivity contribution in [3.8, 4) is 11.5 Å². The molecule has 1 N–H and O–H groups in total. The van der Waals surface area contributed by atoms with Crippen molar-refractivity contribution in [3.63, 3.8) is 0 Å². The van der Waals surface area contributed by atoms with Gasteiger partial charge in [-0.3, -0.25) is 9.59 Å². The van der Waals surface area contributed by atoms with Gasteiger partial charge in [0.1, 0.15) is 23.1 Å². The monoisotopic (exact) mass is 457 g/mol. The number of carbonyl (C=O) groups excluding carboxylic acids is 2. The average Bonchev–Trinajstić information content (AvgIpc) is 3.05. The summed E-state index contributed by atoms with van der Waals surface area (Å²) in [7, 11) is 1.55. The van der Waals surface area contributed by atoms with Crippen LogP contribution in [0.3, 0.4) is 0 Å². The van der Waals surface area contributed by atoms with Crippen LogP contribution in [-0.2, 0) is 14.3 Å². The van der Waals surface area contributed by atoms with Crippen LogP contribution >= 0.6 is 0 Å². The van der Waals surface area contributed by atoms with Crippen LogP contribution in [0.5, 0.6) is 11.5 Å². The van der Waals surface area contributed by atoms with Gasteiger partial charge >= 0.3 is 0 Å². The number of amides is 1. The van der Waals surface area contributed by atoms with E-state index < -0.39 is 23.5 Å². The Balaban J connectivity index is 2.15. The van der Waals surface area contributed by atoms with Crippen molar-refractivity contribution in [1.29, 1.82) is 0 Å². The number of aliphatic hydroxyl groups excluding tert-OH is 1. The van der Waals surface area contributed by atoms with Crippen LogP contribution in [0.1, 0.15) is 37.4 Å². The second kappa shape index (κ2) is 11.0. The molecule has 1 atom stereocenters. The minimum Gasteiger partial charge on any atom is -0.507 e. The number of benzene rings is 2. The molecule has 2 aromatic rings. The zero-order valence-electron chi connectivity index (χ0n) is 19.0. The van der Waals surface area contributed by atoms with Crippen LogP contribution in [0.2, 0.25) is 0 Å². The predicted octanol–water partition coefficient (Wildman–Crippen LogP) is 4.08. The van der Waals surface area contributed by atoms with Crippen molar-refractivity contribution in [1.82, 2.24) is 4.90 Å². The van der Waals surface area contributed by atoms with Crippen molar-refractivity contribution in [2.24, 2.45) is 0 Å². The number of methoxy groups -OCH3 is 1. The van der Waals surface area contributed by atoms with Crippen molar-refractivity contribution in [2.75, 3.05) is 33.5 Å². The van der Waals surface area contributed by atoms with E-state index in [1.165, 1.54) is 29.2 Å². The van der Waals surface area contributed by atoms with Gasteiger partial charge in [-0.05, 0) is 50.1 Å². The van der Waals surface area contributed by atoms with Crippen molar-refractivity contribution in [3.05, 3.63) is 65.0 Å². The van der Waals surface area contributed by atoms with Crippen LogP contribution in [-0.4, -0.2) is 55.2 Å². The second-order valence-corrected chi connectivity index (χ2v) is 7.41. The van der Waals surface area contributed by atoms with Gasteiger partial charge in [-0.25, -0.2) is 4.39 Å². The molecule has 0 spiro atoms. The highest BCUT2D eigenvalue weighted by Crippen LogP contribution is 2.41. The lowest BCUT2D eigenvalue weighted by molar-refractivity contribution is -0.140. The van der Waals surface area contributed by atoms with Gasteiger partial charge in [0.05, 0.1) is 30.4 Å². The summed E-state index contributed by atoms with van der Waals surface area (Å²) in [6, 6.07) is 9.52. The van der Waals surface area contributed by atoms with Crippen LogP contribution in [0, 0.1) is 5.82 Å². The number of halogens is 1. The maximum absolute atomic E-state index is 13.6. The first-order chi connectivity index (χ1) is 15.9. The summed E-state index contributed by atoms with van der Waals surface area (Å²) < 4.78 is 29.8. The lowest BCUT2D eigenvalue weighted by Crippen LogP contribution is -2.31. The summed E-state index contributed by atoms with van der Waals surface area (Å²) in [5.74, 6) is -1.47. The molecule has 0 radical (unpaired) electrons. The van der Waals surface area contributed by atoms with Crippen LogP contribution in [0.15, 0.2) is 48.0 Å². The van der Waals surface area contributed by atoms with Gasteiger partial charge in [-0.1, -0.05) is 12.1 Å². The highest BCUT2D eigenvalue weighted by Gasteiger charge is 2.46. The number of likely N-dealkylation sites (tertiary alicyclic amines) is 1. The molecule has 3 rings (SSSR count). The summed E-state index contributed by atoms with van der Waals surface area (Å²) in [5.41, 5.74) is 0.704. The Morgan fingerprint density at radius 3 is 2.39 bits per heavy atom. The number of hydrogen-bond donors (Lipinski definition) is 1. The minimum absolute atomic E-state index is 0.0749. The standard InChI is InChI=1S/C25H28FNO6/c1-4-32-18-11-12-19(20(15-18)33-5-2)23(28)21-22(16-7-9-17(26)10-8-16)27(13-6-14-31-3)25(30)24(21)29/h7-12,15,22,28H,4-6,13-14H2,1-3H3/b23-21-. The van der Waals surface area contributed by atoms with Gasteiger partial charge in [0.2, 0.25) is 0 Å². The van der Waals surface area contributed by atoms with E-state index in [4.69, 9.17) is 14.2 Å². The predicted molar refractivity (Wildman–Crippen MR) is 121 cm³/mol. The van der Waals surface area contributed by atoms with Crippen LogP contribution in [0.25, 0.3) is 5.76 Å². The lowest BCUT2D eigenvalue weighted by atomic mass is 9.95. The number of nitrogens with zero attached hydrogens (tertiary/aromatic N) is 1. The quantitative estimate of drug-likeness (QED) is 0.250. The Hall–Kier alpha value is -3.39. The number of ether oxygens (including phenoxy) is 3. The first-order valence-corrected chi connectivity index (χ1v) is 10.9. The number of Topliss-reactive ketones (excluding diaryl/α,β-unsaturated/α-hetero) is 1. The first kappa shape index (κ1) is 24.3. The van der Waals surface area contributed by atoms with E-state index in [2.05, 4.69) is 0 Å². The lowest BCUT2D eigenvalue weighted by Gasteiger charge is -2.25. The summed E-state index contributed by atoms with van der Waals surface area (Å²) in [5, 5.41) is 11.3. The molecular weight excluding hydrogens is 429 g/mol. The Bertz CT molecular complexity index is 1030. The Morgan fingerprint density at radius 1 is 1.06 bits per heavy atom. The molecule has 0 aliphatic carbocycles. The van der Waals surface area contributed by atoms with Gasteiger partial charge in [0.15, 0.2) is 0 Å². The van der Waals surface area contributed by atoms with E-state index in [0.29, 0.717) is 43.3 Å². The molecule has 0 bridgehead atoms. The van der Waals surface area contributed by atoms with E-state index in [9.17, 15) is 19.1 Å². The Kier molecular flexibility index (Phi) is 8.06. The van der Waals surface area contributed by atoms with Gasteiger partial charge in [-0.15, -0.1) is 0 Å². The zero-order chi connectivity index (χ0) is 24.0. The second-order valence-electron chi connectivity index (χ2n) is 7.41. The molecule has 1 fully saturated rings. The van der Waals surface area contributed by atoms with Crippen molar-refractivity contribution >= 4 is 17.4 Å². The number of hydrogen-bond acceptors (Lipinski definition) is 6. The van der Waals surface area contributed by atoms with Gasteiger partial charge in [0.25, 0.3) is 11.7 Å². The van der Waals surface area contributed by atoms with E-state index in [0.717, 1.165) is 0 Å². The molecule has 8 heteroatoms. The molecule has 0 aromatic heterocycles. The molecule has 1 unspecified atom stereocenters. The third-order valence-electron chi connectivity index (χ3n) is 5.29. The van der Waals surface area contributed by atoms with Crippen molar-refractivity contribution in [2.45, 2.75) is 26.3 Å². The molecule has 176 valence electrons. The first-order valence-electron chi connectivity index (χ1n) is 10.9. The average molecular weight is 457 g/mol. The van der Waals surface area contributed by atoms with Crippen LogP contribution in [0.4, 0.5) is 4.39 Å². The molecule has 1 heterocycles. The fourth-order valence-corrected chi connectivity index (χ4v) is 3.86. The molecule has 1 saturated heterocycles. The maximum atomic E-state index is 13.6. The molecule has 33 heavy (non-hydrogen) atoms. The molecule has 2 aromatic carbocycles. The molecule has 0 saturated carbocycles. The van der Waals surface area contributed by atoms with Crippen molar-refractivity contribution < 1.29 is 33.3 Å². The summed E-state index contributed by atoms with van der Waals surface area (Å²) in [6.07, 6.45) is 0.495. The largest absolute Gasteiger partial charge is 0.507 e. The Labute approximate surface area is 192 Å². The topological polar surface area (TPSA) is 85.3 Å². The molecule has 1 aliphatic heterocycles. The fraction of sp³-hybridized carbons (Fsp3) is 0.360. The van der Waals surface area contributed by atoms with Crippen LogP contribution < -0.4 is 9.47 Å². The highest BCUT2D eigenvalue weighted by atomic mass is 19.1. The van der Waals surface area contributed by atoms with E-state index >= 15 is 0 Å².